The van der Waals surface area contributed by atoms with E-state index >= 15 is 0 Å². The smallest absolute Gasteiger partial charge is 0.347 e. The fraction of sp³-hybridized carbons (Fsp3) is 0. The highest BCUT2D eigenvalue weighted by Crippen LogP contribution is 2.32. The van der Waals surface area contributed by atoms with Crippen LogP contribution < -0.4 is 5.63 Å². The van der Waals surface area contributed by atoms with Gasteiger partial charge in [-0.3, -0.25) is 4.79 Å². The molecule has 2 N–H and O–H groups in total. The Morgan fingerprint density at radius 2 is 1.73 bits per heavy atom. The van der Waals surface area contributed by atoms with Gasteiger partial charge in [-0.25, -0.2) is 4.79 Å². The van der Waals surface area contributed by atoms with Crippen LogP contribution in [-0.4, -0.2) is 16.0 Å². The lowest BCUT2D eigenvalue weighted by molar-refractivity contribution is 0.103. The molecule has 0 aliphatic rings. The van der Waals surface area contributed by atoms with Crippen molar-refractivity contribution >= 4 is 28.4 Å². The molecular formula is C16H9ClO5. The first kappa shape index (κ1) is 14.2. The molecule has 3 aromatic rings. The average molecular weight is 317 g/mol. The Morgan fingerprint density at radius 3 is 2.41 bits per heavy atom. The van der Waals surface area contributed by atoms with E-state index in [2.05, 4.69) is 0 Å². The molecular weight excluding hydrogens is 308 g/mol. The van der Waals surface area contributed by atoms with Crippen molar-refractivity contribution in [1.82, 2.24) is 0 Å². The summed E-state index contributed by atoms with van der Waals surface area (Å²) in [4.78, 5) is 24.3. The first-order valence-electron chi connectivity index (χ1n) is 6.26. The topological polar surface area (TPSA) is 87.7 Å². The molecule has 3 rings (SSSR count). The number of hydrogen-bond acceptors (Lipinski definition) is 5. The predicted molar refractivity (Wildman–Crippen MR) is 80.7 cm³/mol. The maximum Gasteiger partial charge on any atom is 0.347 e. The monoisotopic (exact) mass is 316 g/mol. The van der Waals surface area contributed by atoms with Gasteiger partial charge in [-0.2, -0.15) is 0 Å². The molecule has 0 aliphatic carbocycles. The van der Waals surface area contributed by atoms with Crippen molar-refractivity contribution in [2.24, 2.45) is 0 Å². The van der Waals surface area contributed by atoms with Crippen molar-refractivity contribution in [3.8, 4) is 11.5 Å². The molecule has 0 radical (unpaired) electrons. The molecule has 0 fully saturated rings. The summed E-state index contributed by atoms with van der Waals surface area (Å²) in [6, 6.07) is 10.1. The van der Waals surface area contributed by atoms with Crippen molar-refractivity contribution in [3.63, 3.8) is 0 Å². The minimum absolute atomic E-state index is 0.167. The van der Waals surface area contributed by atoms with Gasteiger partial charge < -0.3 is 14.6 Å². The van der Waals surface area contributed by atoms with Crippen molar-refractivity contribution in [2.75, 3.05) is 0 Å². The number of phenolic OH excluding ortho intramolecular Hbond substituents is 2. The molecule has 0 aliphatic heterocycles. The van der Waals surface area contributed by atoms with Gasteiger partial charge in [-0.05, 0) is 42.5 Å². The van der Waals surface area contributed by atoms with E-state index in [4.69, 9.17) is 16.0 Å². The Hall–Kier alpha value is -2.79. The molecule has 0 saturated carbocycles. The Morgan fingerprint density at radius 1 is 1.05 bits per heavy atom. The summed E-state index contributed by atoms with van der Waals surface area (Å²) < 4.78 is 4.96. The number of carbonyl (C=O) groups is 1. The third kappa shape index (κ3) is 2.31. The standard InChI is InChI=1S/C16H9ClO5/c17-10-4-1-8(2-5-10)13(19)11-7-9-3-6-12(18)14(20)15(9)22-16(11)21/h1-7,18,20H. The molecule has 0 bridgehead atoms. The molecule has 0 spiro atoms. The number of benzene rings is 2. The van der Waals surface area contributed by atoms with E-state index in [0.717, 1.165) is 0 Å². The van der Waals surface area contributed by atoms with E-state index in [0.29, 0.717) is 16.0 Å². The van der Waals surface area contributed by atoms with Gasteiger partial charge in [-0.1, -0.05) is 11.6 Å². The number of aromatic hydroxyl groups is 2. The summed E-state index contributed by atoms with van der Waals surface area (Å²) in [7, 11) is 0. The van der Waals surface area contributed by atoms with E-state index in [9.17, 15) is 19.8 Å². The minimum Gasteiger partial charge on any atom is -0.504 e. The Balaban J connectivity index is 2.17. The van der Waals surface area contributed by atoms with Crippen molar-refractivity contribution < 1.29 is 19.4 Å². The van der Waals surface area contributed by atoms with Crippen LogP contribution in [0, 0.1) is 0 Å². The number of ketones is 1. The van der Waals surface area contributed by atoms with Gasteiger partial charge in [0.2, 0.25) is 5.75 Å². The number of rotatable bonds is 2. The van der Waals surface area contributed by atoms with E-state index in [-0.39, 0.29) is 11.1 Å². The summed E-state index contributed by atoms with van der Waals surface area (Å²) in [6.07, 6.45) is 0. The van der Waals surface area contributed by atoms with Crippen LogP contribution in [0.2, 0.25) is 5.02 Å². The first-order valence-corrected chi connectivity index (χ1v) is 6.64. The van der Waals surface area contributed by atoms with Crippen LogP contribution in [0.4, 0.5) is 0 Å². The molecule has 1 heterocycles. The summed E-state index contributed by atoms with van der Waals surface area (Å²) in [5, 5.41) is 19.9. The van der Waals surface area contributed by atoms with E-state index in [1.54, 1.807) is 12.1 Å². The van der Waals surface area contributed by atoms with Crippen LogP contribution in [0.15, 0.2) is 51.7 Å². The number of hydrogen-bond donors (Lipinski definition) is 2. The van der Waals surface area contributed by atoms with E-state index in [1.807, 2.05) is 0 Å². The lowest BCUT2D eigenvalue weighted by Gasteiger charge is -2.04. The molecule has 6 heteroatoms. The zero-order valence-corrected chi connectivity index (χ0v) is 11.8. The highest BCUT2D eigenvalue weighted by molar-refractivity contribution is 6.30. The maximum absolute atomic E-state index is 12.4. The molecule has 0 atom stereocenters. The second-order valence-electron chi connectivity index (χ2n) is 4.64. The third-order valence-electron chi connectivity index (χ3n) is 3.21. The SMILES string of the molecule is O=C(c1ccc(Cl)cc1)c1cc2ccc(O)c(O)c2oc1=O. The van der Waals surface area contributed by atoms with Crippen LogP contribution in [0.3, 0.4) is 0 Å². The highest BCUT2D eigenvalue weighted by Gasteiger charge is 2.18. The Kier molecular flexibility index (Phi) is 3.35. The molecule has 1 aromatic heterocycles. The van der Waals surface area contributed by atoms with Crippen molar-refractivity contribution in [1.29, 1.82) is 0 Å². The largest absolute Gasteiger partial charge is 0.504 e. The zero-order chi connectivity index (χ0) is 15.9. The number of carbonyl (C=O) groups excluding carboxylic acids is 1. The minimum atomic E-state index is -0.895. The van der Waals surface area contributed by atoms with Gasteiger partial charge in [0.15, 0.2) is 17.1 Å². The van der Waals surface area contributed by atoms with Crippen LogP contribution in [0.25, 0.3) is 11.0 Å². The van der Waals surface area contributed by atoms with Gasteiger partial charge in [0.1, 0.15) is 5.56 Å². The van der Waals surface area contributed by atoms with Crippen molar-refractivity contribution in [2.45, 2.75) is 0 Å². The van der Waals surface area contributed by atoms with Crippen molar-refractivity contribution in [3.05, 3.63) is 69.0 Å². The number of phenols is 2. The third-order valence-corrected chi connectivity index (χ3v) is 3.46. The lowest BCUT2D eigenvalue weighted by Crippen LogP contribution is -2.14. The second-order valence-corrected chi connectivity index (χ2v) is 5.07. The zero-order valence-electron chi connectivity index (χ0n) is 11.0. The summed E-state index contributed by atoms with van der Waals surface area (Å²) in [5.41, 5.74) is -0.940. The van der Waals surface area contributed by atoms with Gasteiger partial charge in [0, 0.05) is 16.0 Å². The van der Waals surface area contributed by atoms with Crippen LogP contribution in [0.5, 0.6) is 11.5 Å². The second kappa shape index (κ2) is 5.20. The first-order chi connectivity index (χ1) is 10.5. The quantitative estimate of drug-likeness (QED) is 0.431. The molecule has 5 nitrogen and oxygen atoms in total. The fourth-order valence-electron chi connectivity index (χ4n) is 2.07. The Bertz CT molecular complexity index is 941. The van der Waals surface area contributed by atoms with Gasteiger partial charge in [0.05, 0.1) is 0 Å². The highest BCUT2D eigenvalue weighted by atomic mass is 35.5. The molecule has 0 saturated heterocycles. The van der Waals surface area contributed by atoms with Crippen LogP contribution >= 0.6 is 11.6 Å². The molecule has 2 aromatic carbocycles. The van der Waals surface area contributed by atoms with E-state index in [1.165, 1.54) is 30.3 Å². The number of halogens is 1. The van der Waals surface area contributed by atoms with Crippen LogP contribution in [-0.2, 0) is 0 Å². The predicted octanol–water partition coefficient (Wildman–Crippen LogP) is 3.09. The fourth-order valence-corrected chi connectivity index (χ4v) is 2.20. The summed E-state index contributed by atoms with van der Waals surface area (Å²) in [6.45, 7) is 0. The molecule has 0 amide bonds. The molecule has 22 heavy (non-hydrogen) atoms. The maximum atomic E-state index is 12.4. The normalized spacial score (nSPS) is 10.8. The van der Waals surface area contributed by atoms with Gasteiger partial charge in [-0.15, -0.1) is 0 Å². The summed E-state index contributed by atoms with van der Waals surface area (Å²) >= 11 is 5.76. The van der Waals surface area contributed by atoms with E-state index < -0.39 is 22.9 Å². The van der Waals surface area contributed by atoms with Crippen LogP contribution in [0.1, 0.15) is 15.9 Å². The number of fused-ring (bicyclic) bond motifs is 1. The molecule has 0 unspecified atom stereocenters. The lowest BCUT2D eigenvalue weighted by atomic mass is 10.0. The van der Waals surface area contributed by atoms with Gasteiger partial charge >= 0.3 is 5.63 Å². The average Bonchev–Trinajstić information content (AvgIpc) is 2.51. The molecule has 110 valence electrons. The summed E-state index contributed by atoms with van der Waals surface area (Å²) in [5.74, 6) is -1.47. The van der Waals surface area contributed by atoms with Gasteiger partial charge in [0.25, 0.3) is 0 Å². The Labute approximate surface area is 129 Å².